The van der Waals surface area contributed by atoms with E-state index in [-0.39, 0.29) is 11.1 Å². The van der Waals surface area contributed by atoms with Gasteiger partial charge in [0.15, 0.2) is 0 Å². The highest BCUT2D eigenvalue weighted by atomic mass is 32.2. The third-order valence-corrected chi connectivity index (χ3v) is 14.4. The van der Waals surface area contributed by atoms with Crippen LogP contribution < -0.4 is 0 Å². The van der Waals surface area contributed by atoms with E-state index in [2.05, 4.69) is 13.8 Å². The van der Waals surface area contributed by atoms with Crippen molar-refractivity contribution in [1.29, 1.82) is 0 Å². The average Bonchev–Trinajstić information content (AvgIpc) is 2.82. The van der Waals surface area contributed by atoms with E-state index in [9.17, 15) is 4.21 Å². The molecule has 0 aromatic heterocycles. The standard InChI is InChI=1S/C22H50O7SSi2/c1-9-11-13-15-21(31(24-3,25-4)26-5)17-19-30(23)20-18-22(16-14-12-10-2)32(27-6,28-7)29-8/h21-22H,9-20H2,1-8H3. The second kappa shape index (κ2) is 18.6. The van der Waals surface area contributed by atoms with Crippen molar-refractivity contribution in [2.45, 2.75) is 89.1 Å². The lowest BCUT2D eigenvalue weighted by molar-refractivity contribution is 0.108. The Kier molecular flexibility index (Phi) is 18.8. The maximum absolute atomic E-state index is 13.0. The molecule has 0 saturated carbocycles. The van der Waals surface area contributed by atoms with Crippen LogP contribution in [0.3, 0.4) is 0 Å². The Hall–Kier alpha value is 0.344. The summed E-state index contributed by atoms with van der Waals surface area (Å²) < 4.78 is 47.5. The molecule has 0 saturated heterocycles. The molecule has 0 radical (unpaired) electrons. The summed E-state index contributed by atoms with van der Waals surface area (Å²) in [4.78, 5) is 0. The van der Waals surface area contributed by atoms with E-state index in [1.807, 2.05) is 0 Å². The molecule has 0 rings (SSSR count). The highest BCUT2D eigenvalue weighted by Gasteiger charge is 2.48. The molecule has 2 unspecified atom stereocenters. The summed E-state index contributed by atoms with van der Waals surface area (Å²) in [5.41, 5.74) is 0.312. The number of unbranched alkanes of at least 4 members (excludes halogenated alkanes) is 4. The van der Waals surface area contributed by atoms with Gasteiger partial charge in [-0.05, 0) is 25.7 Å². The molecule has 0 spiro atoms. The van der Waals surface area contributed by atoms with E-state index in [0.29, 0.717) is 11.5 Å². The lowest BCUT2D eigenvalue weighted by Crippen LogP contribution is -2.48. The molecule has 0 N–H and O–H groups in total. The smallest absolute Gasteiger partial charge is 0.377 e. The van der Waals surface area contributed by atoms with Crippen LogP contribution >= 0.6 is 0 Å². The van der Waals surface area contributed by atoms with Gasteiger partial charge in [-0.1, -0.05) is 52.4 Å². The lowest BCUT2D eigenvalue weighted by atomic mass is 10.1. The van der Waals surface area contributed by atoms with Crippen molar-refractivity contribution >= 4 is 28.4 Å². The van der Waals surface area contributed by atoms with Gasteiger partial charge in [0.2, 0.25) is 0 Å². The molecule has 194 valence electrons. The van der Waals surface area contributed by atoms with Gasteiger partial charge in [0, 0.05) is 76.0 Å². The van der Waals surface area contributed by atoms with Crippen LogP contribution in [-0.4, -0.2) is 76.0 Å². The average molecular weight is 515 g/mol. The number of rotatable bonds is 22. The van der Waals surface area contributed by atoms with Gasteiger partial charge >= 0.3 is 17.6 Å². The van der Waals surface area contributed by atoms with E-state index >= 15 is 0 Å². The molecule has 2 atom stereocenters. The normalized spacial score (nSPS) is 15.6. The molecule has 0 aromatic rings. The monoisotopic (exact) mass is 514 g/mol. The van der Waals surface area contributed by atoms with Gasteiger partial charge in [-0.15, -0.1) is 0 Å². The highest BCUT2D eigenvalue weighted by Crippen LogP contribution is 2.35. The van der Waals surface area contributed by atoms with Crippen molar-refractivity contribution < 1.29 is 30.8 Å². The predicted octanol–water partition coefficient (Wildman–Crippen LogP) is 5.17. The Morgan fingerprint density at radius 3 is 1.12 bits per heavy atom. The fourth-order valence-corrected chi connectivity index (χ4v) is 11.3. The largest absolute Gasteiger partial charge is 0.503 e. The van der Waals surface area contributed by atoms with Crippen LogP contribution in [0.2, 0.25) is 11.1 Å². The first-order valence-electron chi connectivity index (χ1n) is 12.0. The molecule has 0 aliphatic rings. The molecule has 0 bridgehead atoms. The zero-order valence-corrected chi connectivity index (χ0v) is 24.7. The summed E-state index contributed by atoms with van der Waals surface area (Å²) in [5, 5.41) is 0. The van der Waals surface area contributed by atoms with E-state index in [0.717, 1.165) is 51.4 Å². The molecular weight excluding hydrogens is 464 g/mol. The first-order chi connectivity index (χ1) is 15.4. The second-order valence-electron chi connectivity index (χ2n) is 8.24. The zero-order chi connectivity index (χ0) is 24.5. The van der Waals surface area contributed by atoms with Crippen LogP contribution in [0.1, 0.15) is 78.1 Å². The maximum atomic E-state index is 13.0. The molecule has 0 aliphatic carbocycles. The van der Waals surface area contributed by atoms with E-state index < -0.39 is 28.4 Å². The first-order valence-corrected chi connectivity index (χ1v) is 17.1. The van der Waals surface area contributed by atoms with E-state index in [1.54, 1.807) is 42.7 Å². The number of hydrogen-bond acceptors (Lipinski definition) is 7. The van der Waals surface area contributed by atoms with Gasteiger partial charge in [0.05, 0.1) is 0 Å². The Morgan fingerprint density at radius 2 is 0.875 bits per heavy atom. The summed E-state index contributed by atoms with van der Waals surface area (Å²) in [5.74, 6) is 1.23. The summed E-state index contributed by atoms with van der Waals surface area (Å²) in [7, 11) is 3.49. The third-order valence-electron chi connectivity index (χ3n) is 6.41. The van der Waals surface area contributed by atoms with Gasteiger partial charge in [-0.25, -0.2) is 0 Å². The van der Waals surface area contributed by atoms with Gasteiger partial charge in [0.25, 0.3) is 0 Å². The van der Waals surface area contributed by atoms with Crippen LogP contribution in [0.15, 0.2) is 0 Å². The first kappa shape index (κ1) is 32.3. The maximum Gasteiger partial charge on any atom is 0.503 e. The van der Waals surface area contributed by atoms with Gasteiger partial charge in [-0.3, -0.25) is 4.21 Å². The summed E-state index contributed by atoms with van der Waals surface area (Å²) in [6, 6.07) is 0. The van der Waals surface area contributed by atoms with Crippen molar-refractivity contribution in [3.05, 3.63) is 0 Å². The molecular formula is C22H50O7SSi2. The topological polar surface area (TPSA) is 72.5 Å². The van der Waals surface area contributed by atoms with Crippen LogP contribution in [0.4, 0.5) is 0 Å². The Balaban J connectivity index is 5.09. The lowest BCUT2D eigenvalue weighted by Gasteiger charge is -2.33. The van der Waals surface area contributed by atoms with E-state index in [1.165, 1.54) is 12.8 Å². The van der Waals surface area contributed by atoms with Crippen LogP contribution in [-0.2, 0) is 37.4 Å². The van der Waals surface area contributed by atoms with Gasteiger partial charge in [-0.2, -0.15) is 0 Å². The quantitative estimate of drug-likeness (QED) is 0.146. The fourth-order valence-electron chi connectivity index (χ4n) is 4.43. The van der Waals surface area contributed by atoms with Crippen molar-refractivity contribution in [2.24, 2.45) is 0 Å². The zero-order valence-electron chi connectivity index (χ0n) is 21.9. The summed E-state index contributed by atoms with van der Waals surface area (Å²) in [6.45, 7) is 4.38. The minimum absolute atomic E-state index is 0.156. The fraction of sp³-hybridized carbons (Fsp3) is 1.00. The molecule has 0 fully saturated rings. The van der Waals surface area contributed by atoms with Crippen molar-refractivity contribution in [2.75, 3.05) is 54.2 Å². The molecule has 0 aliphatic heterocycles. The van der Waals surface area contributed by atoms with Crippen molar-refractivity contribution in [3.8, 4) is 0 Å². The SMILES string of the molecule is CCCCCC(CCS(=O)CCC(CCCCC)[Si](OC)(OC)OC)[Si](OC)(OC)OC. The van der Waals surface area contributed by atoms with Crippen LogP contribution in [0.5, 0.6) is 0 Å². The van der Waals surface area contributed by atoms with Crippen LogP contribution in [0, 0.1) is 0 Å². The molecule has 0 heterocycles. The Bertz CT molecular complexity index is 421. The molecule has 32 heavy (non-hydrogen) atoms. The summed E-state index contributed by atoms with van der Waals surface area (Å²) >= 11 is 0. The van der Waals surface area contributed by atoms with Crippen molar-refractivity contribution in [1.82, 2.24) is 0 Å². The summed E-state index contributed by atoms with van der Waals surface area (Å²) in [6.07, 6.45) is 10.3. The molecule has 0 aromatic carbocycles. The molecule has 7 nitrogen and oxygen atoms in total. The Labute approximate surface area is 202 Å². The van der Waals surface area contributed by atoms with Crippen LogP contribution in [0.25, 0.3) is 0 Å². The van der Waals surface area contributed by atoms with Gasteiger partial charge in [0.1, 0.15) is 0 Å². The Morgan fingerprint density at radius 1 is 0.562 bits per heavy atom. The third kappa shape index (κ3) is 10.3. The molecule has 0 amide bonds. The minimum Gasteiger partial charge on any atom is -0.377 e. The second-order valence-corrected chi connectivity index (χ2v) is 16.4. The van der Waals surface area contributed by atoms with Gasteiger partial charge < -0.3 is 26.6 Å². The minimum atomic E-state index is -2.77. The molecule has 10 heteroatoms. The predicted molar refractivity (Wildman–Crippen MR) is 136 cm³/mol. The van der Waals surface area contributed by atoms with E-state index in [4.69, 9.17) is 26.6 Å². The number of hydrogen-bond donors (Lipinski definition) is 0. The van der Waals surface area contributed by atoms with Crippen molar-refractivity contribution in [3.63, 3.8) is 0 Å². The highest BCUT2D eigenvalue weighted by molar-refractivity contribution is 7.84.